The second-order valence-corrected chi connectivity index (χ2v) is 3.90. The van der Waals surface area contributed by atoms with Gasteiger partial charge in [0.2, 0.25) is 0 Å². The Morgan fingerprint density at radius 2 is 1.83 bits per heavy atom. The summed E-state index contributed by atoms with van der Waals surface area (Å²) >= 11 is 0. The van der Waals surface area contributed by atoms with Crippen molar-refractivity contribution in [3.8, 4) is 0 Å². The van der Waals surface area contributed by atoms with E-state index in [4.69, 9.17) is 5.73 Å². The van der Waals surface area contributed by atoms with E-state index < -0.39 is 10.6 Å². The van der Waals surface area contributed by atoms with Crippen molar-refractivity contribution in [1.29, 1.82) is 0 Å². The molecule has 0 saturated heterocycles. The molecule has 6 heteroatoms. The molecule has 0 spiro atoms. The fraction of sp³-hybridized carbons (Fsp3) is 0.167. The number of hydrogen-bond donors (Lipinski definition) is 1. The van der Waals surface area contributed by atoms with Gasteiger partial charge < -0.3 is 0 Å². The molecule has 2 rings (SSSR count). The Hall–Kier alpha value is -2.34. The molecule has 92 valence electrons. The van der Waals surface area contributed by atoms with Crippen LogP contribution >= 0.6 is 0 Å². The average Bonchev–Trinajstić information content (AvgIpc) is 2.39. The van der Waals surface area contributed by atoms with E-state index >= 15 is 0 Å². The molecule has 1 aromatic rings. The van der Waals surface area contributed by atoms with E-state index in [-0.39, 0.29) is 6.04 Å². The first kappa shape index (κ1) is 12.1. The molecule has 6 nitrogen and oxygen atoms in total. The van der Waals surface area contributed by atoms with Crippen LogP contribution in [0.3, 0.4) is 0 Å². The molecule has 0 radical (unpaired) electrons. The summed E-state index contributed by atoms with van der Waals surface area (Å²) in [6.45, 7) is 0. The van der Waals surface area contributed by atoms with E-state index in [0.717, 1.165) is 5.69 Å². The van der Waals surface area contributed by atoms with E-state index in [0.29, 0.717) is 0 Å². The number of nitro groups is 1. The Labute approximate surface area is 104 Å². The van der Waals surface area contributed by atoms with Crippen LogP contribution in [-0.2, 0) is 0 Å². The summed E-state index contributed by atoms with van der Waals surface area (Å²) in [7, 11) is 0. The molecule has 1 aliphatic rings. The monoisotopic (exact) mass is 244 g/mol. The molecule has 18 heavy (non-hydrogen) atoms. The molecule has 0 bridgehead atoms. The van der Waals surface area contributed by atoms with Crippen LogP contribution in [-0.4, -0.2) is 16.6 Å². The van der Waals surface area contributed by atoms with Crippen molar-refractivity contribution in [3.63, 3.8) is 0 Å². The Morgan fingerprint density at radius 3 is 2.39 bits per heavy atom. The first-order valence-corrected chi connectivity index (χ1v) is 5.38. The molecule has 1 aliphatic carbocycles. The maximum Gasteiger partial charge on any atom is 0.310 e. The topological polar surface area (TPSA) is 93.9 Å². The zero-order valence-corrected chi connectivity index (χ0v) is 9.51. The third-order valence-corrected chi connectivity index (χ3v) is 2.50. The van der Waals surface area contributed by atoms with Crippen LogP contribution in [0.2, 0.25) is 0 Å². The first-order chi connectivity index (χ1) is 8.60. The van der Waals surface area contributed by atoms with E-state index in [1.807, 2.05) is 30.3 Å². The quantitative estimate of drug-likeness (QED) is 0.290. The lowest BCUT2D eigenvalue weighted by atomic mass is 10.0. The van der Waals surface area contributed by atoms with Gasteiger partial charge in [0.1, 0.15) is 6.04 Å². The summed E-state index contributed by atoms with van der Waals surface area (Å²) < 4.78 is 0. The Morgan fingerprint density at radius 1 is 1.22 bits per heavy atom. The first-order valence-electron chi connectivity index (χ1n) is 5.38. The van der Waals surface area contributed by atoms with Gasteiger partial charge in [0.25, 0.3) is 0 Å². The summed E-state index contributed by atoms with van der Waals surface area (Å²) in [6, 6.07) is 8.94. The van der Waals surface area contributed by atoms with Crippen LogP contribution in [0.25, 0.3) is 0 Å². The van der Waals surface area contributed by atoms with Crippen LogP contribution in [0.15, 0.2) is 64.9 Å². The summed E-state index contributed by atoms with van der Waals surface area (Å²) in [5, 5.41) is 18.8. The van der Waals surface area contributed by atoms with Crippen molar-refractivity contribution >= 4 is 5.69 Å². The molecule has 0 atom stereocenters. The zero-order chi connectivity index (χ0) is 13.0. The van der Waals surface area contributed by atoms with E-state index in [1.165, 1.54) is 12.2 Å². The molecular formula is C12H12N4O2. The van der Waals surface area contributed by atoms with Crippen molar-refractivity contribution in [2.45, 2.75) is 11.7 Å². The molecular weight excluding hydrogens is 232 g/mol. The number of nitrogens with two attached hydrogens (primary N) is 1. The van der Waals surface area contributed by atoms with Gasteiger partial charge in [-0.3, -0.25) is 15.8 Å². The van der Waals surface area contributed by atoms with Gasteiger partial charge in [0, 0.05) is 12.2 Å². The summed E-state index contributed by atoms with van der Waals surface area (Å²) in [5.74, 6) is 0. The molecule has 0 aromatic heterocycles. The van der Waals surface area contributed by atoms with Crippen LogP contribution in [0.1, 0.15) is 0 Å². The summed E-state index contributed by atoms with van der Waals surface area (Å²) in [4.78, 5) is 10.1. The van der Waals surface area contributed by atoms with E-state index in [2.05, 4.69) is 10.2 Å². The van der Waals surface area contributed by atoms with Crippen molar-refractivity contribution in [1.82, 2.24) is 0 Å². The lowest BCUT2D eigenvalue weighted by molar-refractivity contribution is -0.539. The van der Waals surface area contributed by atoms with Crippen LogP contribution in [0.4, 0.5) is 5.69 Å². The molecule has 0 amide bonds. The number of benzene rings is 1. The van der Waals surface area contributed by atoms with Gasteiger partial charge in [0.05, 0.1) is 10.6 Å². The Bertz CT molecular complexity index is 508. The molecule has 2 N–H and O–H groups in total. The lowest BCUT2D eigenvalue weighted by Gasteiger charge is -2.16. The van der Waals surface area contributed by atoms with Gasteiger partial charge in [-0.2, -0.15) is 10.2 Å². The SMILES string of the molecule is NC1([N+](=O)[O-])C=CC(N=Nc2ccccc2)C=C1. The highest BCUT2D eigenvalue weighted by molar-refractivity contribution is 5.35. The maximum atomic E-state index is 10.7. The van der Waals surface area contributed by atoms with E-state index in [1.54, 1.807) is 12.2 Å². The van der Waals surface area contributed by atoms with Crippen LogP contribution in [0, 0.1) is 10.1 Å². The molecule has 0 fully saturated rings. The van der Waals surface area contributed by atoms with Gasteiger partial charge in [-0.25, -0.2) is 0 Å². The fourth-order valence-electron chi connectivity index (χ4n) is 1.45. The number of azo groups is 1. The predicted molar refractivity (Wildman–Crippen MR) is 66.9 cm³/mol. The largest absolute Gasteiger partial charge is 0.310 e. The molecule has 0 aliphatic heterocycles. The lowest BCUT2D eigenvalue weighted by Crippen LogP contribution is -2.45. The minimum Gasteiger partial charge on any atom is -0.262 e. The van der Waals surface area contributed by atoms with Crippen molar-refractivity contribution in [2.75, 3.05) is 0 Å². The minimum absolute atomic E-state index is 0.318. The molecule has 1 aromatic carbocycles. The normalized spacial score (nSPS) is 26.6. The standard InChI is InChI=1S/C12H12N4O2/c13-12(16(17)18)8-6-11(7-9-12)15-14-10-4-2-1-3-5-10/h1-9,11H,13H2. The molecule has 0 unspecified atom stereocenters. The Kier molecular flexibility index (Phi) is 3.29. The maximum absolute atomic E-state index is 10.7. The predicted octanol–water partition coefficient (Wildman–Crippen LogP) is 2.20. The van der Waals surface area contributed by atoms with Gasteiger partial charge in [-0.1, -0.05) is 18.2 Å². The van der Waals surface area contributed by atoms with Crippen molar-refractivity contribution in [3.05, 3.63) is 64.8 Å². The fourth-order valence-corrected chi connectivity index (χ4v) is 1.45. The van der Waals surface area contributed by atoms with Gasteiger partial charge in [-0.05, 0) is 24.3 Å². The average molecular weight is 244 g/mol. The number of hydrogen-bond acceptors (Lipinski definition) is 5. The highest BCUT2D eigenvalue weighted by atomic mass is 16.6. The van der Waals surface area contributed by atoms with E-state index in [9.17, 15) is 10.1 Å². The summed E-state index contributed by atoms with van der Waals surface area (Å²) in [6.07, 6.45) is 5.77. The van der Waals surface area contributed by atoms with Crippen molar-refractivity contribution < 1.29 is 4.92 Å². The highest BCUT2D eigenvalue weighted by Crippen LogP contribution is 2.17. The summed E-state index contributed by atoms with van der Waals surface area (Å²) in [5.41, 5.74) is 4.63. The van der Waals surface area contributed by atoms with Crippen LogP contribution in [0.5, 0.6) is 0 Å². The van der Waals surface area contributed by atoms with Gasteiger partial charge >= 0.3 is 5.66 Å². The highest BCUT2D eigenvalue weighted by Gasteiger charge is 2.33. The number of rotatable bonds is 3. The van der Waals surface area contributed by atoms with Gasteiger partial charge in [0.15, 0.2) is 0 Å². The zero-order valence-electron chi connectivity index (χ0n) is 9.51. The second kappa shape index (κ2) is 4.89. The number of nitrogens with zero attached hydrogens (tertiary/aromatic N) is 3. The smallest absolute Gasteiger partial charge is 0.262 e. The van der Waals surface area contributed by atoms with Crippen molar-refractivity contribution in [2.24, 2.45) is 16.0 Å². The minimum atomic E-state index is -1.63. The third-order valence-electron chi connectivity index (χ3n) is 2.50. The van der Waals surface area contributed by atoms with Crippen LogP contribution < -0.4 is 5.73 Å². The Balaban J connectivity index is 2.05. The molecule has 0 heterocycles. The third kappa shape index (κ3) is 2.67. The van der Waals surface area contributed by atoms with Gasteiger partial charge in [-0.15, -0.1) is 0 Å². The second-order valence-electron chi connectivity index (χ2n) is 3.90. The molecule has 0 saturated carbocycles.